The monoisotopic (exact) mass is 940 g/mol. The van der Waals surface area contributed by atoms with E-state index in [1.165, 1.54) is 23.5 Å². The topological polar surface area (TPSA) is 140 Å². The van der Waals surface area contributed by atoms with Crippen molar-refractivity contribution in [3.05, 3.63) is 21.7 Å². The maximum atomic E-state index is 14.9. The van der Waals surface area contributed by atoms with E-state index >= 15 is 0 Å². The molecule has 0 N–H and O–H groups in total. The first-order valence-corrected chi connectivity index (χ1v) is 25.6. The van der Waals surface area contributed by atoms with Crippen molar-refractivity contribution in [2.45, 2.75) is 213 Å². The molecule has 1 aromatic heterocycles. The predicted molar refractivity (Wildman–Crippen MR) is 257 cm³/mol. The average Bonchev–Trinajstić information content (AvgIpc) is 3.59. The average molecular weight is 940 g/mol. The number of cyclic esters (lactones) is 1. The molecule has 3 rings (SSSR count). The Bertz CT molecular complexity index is 1720. The van der Waals surface area contributed by atoms with Crippen LogP contribution < -0.4 is 0 Å². The molecule has 0 bridgehead atoms. The van der Waals surface area contributed by atoms with Gasteiger partial charge in [0.25, 0.3) is 0 Å². The van der Waals surface area contributed by atoms with E-state index in [0.29, 0.717) is 32.5 Å². The summed E-state index contributed by atoms with van der Waals surface area (Å²) in [5, 5.41) is 2.89. The second kappa shape index (κ2) is 22.7. The molecule has 11 nitrogen and oxygen atoms in total. The molecular formula is C49H81NO10S3. The summed E-state index contributed by atoms with van der Waals surface area (Å²) in [6.45, 7) is 34.6. The number of epoxide rings is 1. The molecule has 0 aromatic carbocycles. The number of thioether (sulfide) groups is 2. The fourth-order valence-electron chi connectivity index (χ4n) is 7.69. The summed E-state index contributed by atoms with van der Waals surface area (Å²) >= 11 is 4.49. The van der Waals surface area contributed by atoms with Crippen LogP contribution in [0.2, 0.25) is 0 Å². The molecule has 1 aromatic rings. The van der Waals surface area contributed by atoms with Crippen molar-refractivity contribution in [1.82, 2.24) is 4.98 Å². The number of ether oxygens (including phenoxy) is 6. The van der Waals surface area contributed by atoms with E-state index < -0.39 is 53.2 Å². The molecule has 3 heterocycles. The zero-order chi connectivity index (χ0) is 47.8. The number of Topliss-reactive ketones (excluding diaryl/α,β-unsaturated/α-hetero) is 1. The van der Waals surface area contributed by atoms with Gasteiger partial charge in [-0.2, -0.15) is 0 Å². The summed E-state index contributed by atoms with van der Waals surface area (Å²) in [4.78, 5) is 61.1. The highest BCUT2D eigenvalue weighted by atomic mass is 32.2. The zero-order valence-electron chi connectivity index (χ0n) is 41.7. The van der Waals surface area contributed by atoms with Crippen LogP contribution in [-0.4, -0.2) is 104 Å². The van der Waals surface area contributed by atoms with Gasteiger partial charge in [-0.1, -0.05) is 48.0 Å². The molecule has 360 valence electrons. The fourth-order valence-corrected chi connectivity index (χ4v) is 9.87. The smallest absolute Gasteiger partial charge is 0.316 e. The van der Waals surface area contributed by atoms with E-state index in [2.05, 4.69) is 39.6 Å². The number of carbonyl (C=O) groups is 4. The lowest BCUT2D eigenvalue weighted by Crippen LogP contribution is -2.48. The van der Waals surface area contributed by atoms with E-state index in [1.54, 1.807) is 32.1 Å². The zero-order valence-corrected chi connectivity index (χ0v) is 44.1. The molecule has 7 atom stereocenters. The lowest BCUT2D eigenvalue weighted by molar-refractivity contribution is -0.166. The Kier molecular flexibility index (Phi) is 19.9. The van der Waals surface area contributed by atoms with Crippen LogP contribution in [-0.2, 0) is 47.6 Å². The third-order valence-electron chi connectivity index (χ3n) is 12.0. The van der Waals surface area contributed by atoms with Crippen molar-refractivity contribution in [1.29, 1.82) is 0 Å². The quantitative estimate of drug-likeness (QED) is 0.0883. The number of rotatable bonds is 16. The Labute approximate surface area is 392 Å². The predicted octanol–water partition coefficient (Wildman–Crippen LogP) is 11.0. The van der Waals surface area contributed by atoms with Gasteiger partial charge in [-0.05, 0) is 119 Å². The van der Waals surface area contributed by atoms with E-state index in [9.17, 15) is 19.2 Å². The number of thiazole rings is 1. The van der Waals surface area contributed by atoms with Crippen LogP contribution in [0.15, 0.2) is 11.0 Å². The minimum absolute atomic E-state index is 0.0106. The molecule has 0 spiro atoms. The SMILES string of the molecule is C/C(=C\c1csc(C)n1)C1C[C@@H]2O[C@]2(C)CCC[C@H](C)[C@H](OC(=O)CSC(C)(C)CCOC(C)(C)C)[C@@H](C)C(=O)C(C)(C)[C@@H](OC(=O)CSC(C)(C)CCOC(C)(C)C)CC(=O)O1. The molecule has 0 saturated carbocycles. The van der Waals surface area contributed by atoms with E-state index in [0.717, 1.165) is 35.5 Å². The second-order valence-corrected chi connectivity index (χ2v) is 26.1. The lowest BCUT2D eigenvalue weighted by Gasteiger charge is -2.38. The van der Waals surface area contributed by atoms with Crippen LogP contribution in [0.1, 0.15) is 166 Å². The van der Waals surface area contributed by atoms with E-state index in [-0.39, 0.29) is 56.4 Å². The normalized spacial score (nSPS) is 27.0. The van der Waals surface area contributed by atoms with Crippen molar-refractivity contribution in [2.75, 3.05) is 24.7 Å². The summed E-state index contributed by atoms with van der Waals surface area (Å²) < 4.78 is 36.4. The fraction of sp³-hybridized carbons (Fsp3) is 0.816. The summed E-state index contributed by atoms with van der Waals surface area (Å²) in [5.41, 5.74) is -0.716. The van der Waals surface area contributed by atoms with Crippen LogP contribution in [0.5, 0.6) is 0 Å². The molecule has 2 aliphatic heterocycles. The first kappa shape index (κ1) is 55.4. The number of carbonyl (C=O) groups excluding carboxylic acids is 4. The molecule has 2 fully saturated rings. The van der Waals surface area contributed by atoms with Crippen LogP contribution in [0, 0.1) is 24.2 Å². The third kappa shape index (κ3) is 19.0. The molecule has 0 radical (unpaired) electrons. The molecule has 0 aliphatic carbocycles. The van der Waals surface area contributed by atoms with Gasteiger partial charge < -0.3 is 28.4 Å². The minimum Gasteiger partial charge on any atom is -0.461 e. The Morgan fingerprint density at radius 2 is 1.43 bits per heavy atom. The largest absolute Gasteiger partial charge is 0.461 e. The number of hydrogen-bond acceptors (Lipinski definition) is 14. The molecule has 2 saturated heterocycles. The van der Waals surface area contributed by atoms with Crippen LogP contribution in [0.25, 0.3) is 6.08 Å². The van der Waals surface area contributed by atoms with Crippen molar-refractivity contribution in [3.63, 3.8) is 0 Å². The molecule has 0 amide bonds. The van der Waals surface area contributed by atoms with Gasteiger partial charge in [-0.15, -0.1) is 34.9 Å². The second-order valence-electron chi connectivity index (χ2n) is 21.7. The molecule has 14 heteroatoms. The van der Waals surface area contributed by atoms with Crippen LogP contribution in [0.4, 0.5) is 0 Å². The third-order valence-corrected chi connectivity index (χ3v) is 15.6. The number of esters is 3. The maximum Gasteiger partial charge on any atom is 0.316 e. The Morgan fingerprint density at radius 3 is 1.94 bits per heavy atom. The molecule has 1 unspecified atom stereocenters. The summed E-state index contributed by atoms with van der Waals surface area (Å²) in [7, 11) is 0. The maximum absolute atomic E-state index is 14.9. The van der Waals surface area contributed by atoms with Crippen LogP contribution in [0.3, 0.4) is 0 Å². The van der Waals surface area contributed by atoms with Gasteiger partial charge in [0.15, 0.2) is 0 Å². The van der Waals surface area contributed by atoms with Gasteiger partial charge in [0.05, 0.1) is 62.9 Å². The number of fused-ring (bicyclic) bond motifs is 1. The Balaban J connectivity index is 1.93. The van der Waals surface area contributed by atoms with E-state index in [1.807, 2.05) is 73.8 Å². The molecular weight excluding hydrogens is 859 g/mol. The van der Waals surface area contributed by atoms with Crippen molar-refractivity contribution in [2.24, 2.45) is 17.3 Å². The van der Waals surface area contributed by atoms with Crippen molar-refractivity contribution >= 4 is 64.6 Å². The number of hydrogen-bond donors (Lipinski definition) is 0. The van der Waals surface area contributed by atoms with Crippen LogP contribution >= 0.6 is 34.9 Å². The molecule has 63 heavy (non-hydrogen) atoms. The molecule has 2 aliphatic rings. The lowest BCUT2D eigenvalue weighted by atomic mass is 9.72. The number of ketones is 1. The minimum atomic E-state index is -1.36. The number of aromatic nitrogens is 1. The highest BCUT2D eigenvalue weighted by Crippen LogP contribution is 2.45. The van der Waals surface area contributed by atoms with Gasteiger partial charge in [0, 0.05) is 34.5 Å². The van der Waals surface area contributed by atoms with E-state index in [4.69, 9.17) is 28.4 Å². The van der Waals surface area contributed by atoms with Gasteiger partial charge in [0.1, 0.15) is 24.1 Å². The highest BCUT2D eigenvalue weighted by Gasteiger charge is 2.53. The summed E-state index contributed by atoms with van der Waals surface area (Å²) in [6, 6.07) is 0. The number of nitrogens with zero attached hydrogens (tertiary/aromatic N) is 1. The van der Waals surface area contributed by atoms with Gasteiger partial charge in [0.2, 0.25) is 0 Å². The van der Waals surface area contributed by atoms with Gasteiger partial charge >= 0.3 is 17.9 Å². The Hall–Kier alpha value is -1.97. The first-order chi connectivity index (χ1) is 28.8. The van der Waals surface area contributed by atoms with Gasteiger partial charge in [-0.25, -0.2) is 4.98 Å². The highest BCUT2D eigenvalue weighted by molar-refractivity contribution is 8.01. The van der Waals surface area contributed by atoms with Crippen molar-refractivity contribution in [3.8, 4) is 0 Å². The van der Waals surface area contributed by atoms with Gasteiger partial charge in [-0.3, -0.25) is 19.2 Å². The standard InChI is InChI=1S/C49H81NO10S3/c1-31-19-18-20-49(17)38(60-49)26-36(32(2)25-35-28-61-34(4)50-35)57-39(51)27-37(58-40(52)29-62-46(11,12)21-23-55-44(5,6)7)48(15,16)43(54)33(3)42(31)59-41(53)30-63-47(13,14)22-24-56-45(8,9)10/h25,28,31,33,36-38,42H,18-24,26-27,29-30H2,1-17H3/b32-25+/t31-,33+,36?,37-,38-,42-,49+/m0/s1. The summed E-state index contributed by atoms with van der Waals surface area (Å²) in [5.74, 6) is -2.64. The first-order valence-electron chi connectivity index (χ1n) is 22.8. The Morgan fingerprint density at radius 1 is 0.889 bits per heavy atom. The number of aryl methyl sites for hydroxylation is 1. The van der Waals surface area contributed by atoms with Crippen molar-refractivity contribution < 1.29 is 47.6 Å². The summed E-state index contributed by atoms with van der Waals surface area (Å²) in [6.07, 6.45) is 2.99.